The quantitative estimate of drug-likeness (QED) is 0.773. The van der Waals surface area contributed by atoms with Gasteiger partial charge in [-0.25, -0.2) is 0 Å². The lowest BCUT2D eigenvalue weighted by atomic mass is 10.0. The molecule has 1 N–H and O–H groups in total. The molecule has 20 heavy (non-hydrogen) atoms. The van der Waals surface area contributed by atoms with E-state index in [1.807, 2.05) is 11.8 Å². The molecule has 2 aliphatic rings. The summed E-state index contributed by atoms with van der Waals surface area (Å²) in [7, 11) is 0. The summed E-state index contributed by atoms with van der Waals surface area (Å²) in [6.07, 6.45) is 8.73. The molecule has 0 unspecified atom stereocenters. The Hall–Kier alpha value is -1.36. The largest absolute Gasteiger partial charge is 0.480 e. The summed E-state index contributed by atoms with van der Waals surface area (Å²) in [5.41, 5.74) is 1.16. The normalized spacial score (nSPS) is 18.8. The third kappa shape index (κ3) is 4.07. The topological polar surface area (TPSA) is 60.9 Å². The summed E-state index contributed by atoms with van der Waals surface area (Å²) >= 11 is 0. The first kappa shape index (κ1) is 15.0. The average Bonchev–Trinajstić information content (AvgIpc) is 3.23. The van der Waals surface area contributed by atoms with Gasteiger partial charge in [-0.15, -0.1) is 0 Å². The first-order valence-electron chi connectivity index (χ1n) is 7.57. The van der Waals surface area contributed by atoms with Crippen LogP contribution in [0.2, 0.25) is 0 Å². The maximum Gasteiger partial charge on any atom is 0.317 e. The van der Waals surface area contributed by atoms with Gasteiger partial charge in [0.25, 0.3) is 0 Å². The molecule has 0 radical (unpaired) electrons. The van der Waals surface area contributed by atoms with Crippen LogP contribution in [0.1, 0.15) is 45.4 Å². The van der Waals surface area contributed by atoms with E-state index in [1.165, 1.54) is 6.42 Å². The molecular formula is C15H24N2O3. The fourth-order valence-electron chi connectivity index (χ4n) is 2.71. The summed E-state index contributed by atoms with van der Waals surface area (Å²) in [6.45, 7) is 2.60. The molecule has 5 heteroatoms. The van der Waals surface area contributed by atoms with Crippen LogP contribution >= 0.6 is 0 Å². The smallest absolute Gasteiger partial charge is 0.317 e. The lowest BCUT2D eigenvalue weighted by molar-refractivity contribution is -0.139. The molecule has 0 aliphatic heterocycles. The molecular weight excluding hydrogens is 256 g/mol. The van der Waals surface area contributed by atoms with Crippen molar-refractivity contribution in [2.45, 2.75) is 51.5 Å². The van der Waals surface area contributed by atoms with E-state index in [4.69, 9.17) is 5.11 Å². The number of rotatable bonds is 7. The van der Waals surface area contributed by atoms with Crippen LogP contribution in [0.5, 0.6) is 0 Å². The molecule has 1 amide bonds. The molecule has 0 heterocycles. The van der Waals surface area contributed by atoms with Crippen LogP contribution in [-0.4, -0.2) is 52.5 Å². The summed E-state index contributed by atoms with van der Waals surface area (Å²) in [5.74, 6) is -0.821. The third-order valence-electron chi connectivity index (χ3n) is 3.92. The number of carbonyl (C=O) groups excluding carboxylic acids is 1. The summed E-state index contributed by atoms with van der Waals surface area (Å²) in [5, 5.41) is 8.86. The lowest BCUT2D eigenvalue weighted by Gasteiger charge is -2.30. The number of carboxylic acid groups (broad SMARTS) is 1. The number of hydrogen-bond acceptors (Lipinski definition) is 3. The SMILES string of the molecule is CCN(CC(=O)O)CC(=O)N(C1=CCCCC1)C1CC1. The maximum absolute atomic E-state index is 12.5. The first-order chi connectivity index (χ1) is 9.61. The van der Waals surface area contributed by atoms with Gasteiger partial charge in [0, 0.05) is 11.7 Å². The zero-order valence-electron chi connectivity index (χ0n) is 12.2. The van der Waals surface area contributed by atoms with Crippen molar-refractivity contribution in [3.63, 3.8) is 0 Å². The fourth-order valence-corrected chi connectivity index (χ4v) is 2.71. The minimum absolute atomic E-state index is 0.0590. The van der Waals surface area contributed by atoms with E-state index < -0.39 is 5.97 Å². The first-order valence-corrected chi connectivity index (χ1v) is 7.57. The van der Waals surface area contributed by atoms with Crippen LogP contribution in [0.4, 0.5) is 0 Å². The standard InChI is InChI=1S/C15H24N2O3/c1-2-16(11-15(19)20)10-14(18)17(13-8-9-13)12-6-4-3-5-7-12/h6,13H,2-5,7-11H2,1H3,(H,19,20). The zero-order valence-corrected chi connectivity index (χ0v) is 12.2. The number of allylic oxidation sites excluding steroid dienone is 2. The van der Waals surface area contributed by atoms with Crippen LogP contribution < -0.4 is 0 Å². The molecule has 5 nitrogen and oxygen atoms in total. The number of carbonyl (C=O) groups is 2. The zero-order chi connectivity index (χ0) is 14.5. The predicted molar refractivity (Wildman–Crippen MR) is 76.2 cm³/mol. The van der Waals surface area contributed by atoms with Crippen molar-refractivity contribution in [2.75, 3.05) is 19.6 Å². The van der Waals surface area contributed by atoms with E-state index >= 15 is 0 Å². The van der Waals surface area contributed by atoms with Crippen LogP contribution in [0, 0.1) is 0 Å². The molecule has 0 aromatic carbocycles. The van der Waals surface area contributed by atoms with Gasteiger partial charge in [-0.05, 0) is 45.1 Å². The highest BCUT2D eigenvalue weighted by Crippen LogP contribution is 2.33. The van der Waals surface area contributed by atoms with E-state index in [0.29, 0.717) is 12.6 Å². The number of nitrogens with zero attached hydrogens (tertiary/aromatic N) is 2. The van der Waals surface area contributed by atoms with Crippen molar-refractivity contribution in [2.24, 2.45) is 0 Å². The molecule has 0 aromatic rings. The lowest BCUT2D eigenvalue weighted by Crippen LogP contribution is -2.42. The highest BCUT2D eigenvalue weighted by Gasteiger charge is 2.35. The Morgan fingerprint density at radius 2 is 2.05 bits per heavy atom. The molecule has 112 valence electrons. The molecule has 0 atom stereocenters. The van der Waals surface area contributed by atoms with Gasteiger partial charge in [-0.1, -0.05) is 13.0 Å². The van der Waals surface area contributed by atoms with Crippen molar-refractivity contribution < 1.29 is 14.7 Å². The van der Waals surface area contributed by atoms with Gasteiger partial charge in [0.2, 0.25) is 5.91 Å². The third-order valence-corrected chi connectivity index (χ3v) is 3.92. The van der Waals surface area contributed by atoms with Crippen molar-refractivity contribution in [3.8, 4) is 0 Å². The summed E-state index contributed by atoms with van der Waals surface area (Å²) in [6, 6.07) is 0.357. The predicted octanol–water partition coefficient (Wildman–Crippen LogP) is 1.84. The van der Waals surface area contributed by atoms with Gasteiger partial charge in [0.1, 0.15) is 0 Å². The van der Waals surface area contributed by atoms with E-state index in [0.717, 1.165) is 37.8 Å². The van der Waals surface area contributed by atoms with Crippen molar-refractivity contribution in [3.05, 3.63) is 11.8 Å². The van der Waals surface area contributed by atoms with Gasteiger partial charge in [0.15, 0.2) is 0 Å². The molecule has 2 aliphatic carbocycles. The average molecular weight is 280 g/mol. The van der Waals surface area contributed by atoms with E-state index in [9.17, 15) is 9.59 Å². The Morgan fingerprint density at radius 1 is 1.30 bits per heavy atom. The van der Waals surface area contributed by atoms with Gasteiger partial charge in [0.05, 0.1) is 13.1 Å². The Labute approximate surface area is 120 Å². The number of hydrogen-bond donors (Lipinski definition) is 1. The second-order valence-corrected chi connectivity index (χ2v) is 5.63. The summed E-state index contributed by atoms with van der Waals surface area (Å²) in [4.78, 5) is 26.9. The monoisotopic (exact) mass is 280 g/mol. The second-order valence-electron chi connectivity index (χ2n) is 5.63. The fraction of sp³-hybridized carbons (Fsp3) is 0.733. The number of likely N-dealkylation sites (N-methyl/N-ethyl adjacent to an activating group) is 1. The van der Waals surface area contributed by atoms with Gasteiger partial charge < -0.3 is 10.0 Å². The van der Waals surface area contributed by atoms with Gasteiger partial charge in [-0.2, -0.15) is 0 Å². The van der Waals surface area contributed by atoms with Crippen LogP contribution in [-0.2, 0) is 9.59 Å². The Morgan fingerprint density at radius 3 is 2.55 bits per heavy atom. The molecule has 2 rings (SSSR count). The maximum atomic E-state index is 12.5. The van der Waals surface area contributed by atoms with Crippen molar-refractivity contribution in [1.29, 1.82) is 0 Å². The van der Waals surface area contributed by atoms with Crippen LogP contribution in [0.15, 0.2) is 11.8 Å². The molecule has 0 spiro atoms. The van der Waals surface area contributed by atoms with Gasteiger partial charge >= 0.3 is 5.97 Å². The second kappa shape index (κ2) is 6.88. The van der Waals surface area contributed by atoms with E-state index in [2.05, 4.69) is 6.08 Å². The Bertz CT molecular complexity index is 402. The minimum atomic E-state index is -0.880. The molecule has 1 saturated carbocycles. The number of amides is 1. The molecule has 0 bridgehead atoms. The van der Waals surface area contributed by atoms with E-state index in [-0.39, 0.29) is 19.0 Å². The van der Waals surface area contributed by atoms with Crippen molar-refractivity contribution in [1.82, 2.24) is 9.80 Å². The molecule has 1 fully saturated rings. The van der Waals surface area contributed by atoms with Crippen LogP contribution in [0.3, 0.4) is 0 Å². The number of carboxylic acids is 1. The van der Waals surface area contributed by atoms with Gasteiger partial charge in [-0.3, -0.25) is 14.5 Å². The number of aliphatic carboxylic acids is 1. The Balaban J connectivity index is 1.99. The van der Waals surface area contributed by atoms with Crippen molar-refractivity contribution >= 4 is 11.9 Å². The summed E-state index contributed by atoms with van der Waals surface area (Å²) < 4.78 is 0. The molecule has 0 aromatic heterocycles. The molecule has 0 saturated heterocycles. The van der Waals surface area contributed by atoms with E-state index in [1.54, 1.807) is 4.90 Å². The van der Waals surface area contributed by atoms with Crippen LogP contribution in [0.25, 0.3) is 0 Å². The highest BCUT2D eigenvalue weighted by molar-refractivity contribution is 5.81. The Kier molecular flexibility index (Phi) is 5.17. The minimum Gasteiger partial charge on any atom is -0.480 e. The highest BCUT2D eigenvalue weighted by atomic mass is 16.4.